The molecule has 0 aliphatic carbocycles. The molecule has 1 aromatic rings. The fourth-order valence-electron chi connectivity index (χ4n) is 2.45. The number of benzene rings is 1. The molecule has 1 saturated heterocycles. The Morgan fingerprint density at radius 2 is 1.65 bits per heavy atom. The van der Waals surface area contributed by atoms with Crippen molar-refractivity contribution in [1.82, 2.24) is 4.90 Å². The number of nitrogens with zero attached hydrogens (tertiary/aromatic N) is 2. The number of halogens is 2. The molecule has 0 saturated carbocycles. The lowest BCUT2D eigenvalue weighted by molar-refractivity contribution is 0.0695. The molecule has 2 rings (SSSR count). The zero-order chi connectivity index (χ0) is 14.9. The SMILES string of the molecule is CC(C)N1CCN(c2c(F)cc(C(=O)O)cc2F)CC1. The predicted octanol–water partition coefficient (Wildman–Crippen LogP) is 2.19. The van der Waals surface area contributed by atoms with Gasteiger partial charge in [-0.15, -0.1) is 0 Å². The first-order valence-electron chi connectivity index (χ1n) is 6.61. The van der Waals surface area contributed by atoms with Gasteiger partial charge < -0.3 is 10.0 Å². The lowest BCUT2D eigenvalue weighted by atomic mass is 10.1. The summed E-state index contributed by atoms with van der Waals surface area (Å²) >= 11 is 0. The number of anilines is 1. The summed E-state index contributed by atoms with van der Waals surface area (Å²) in [5.74, 6) is -2.97. The molecule has 0 aromatic heterocycles. The van der Waals surface area contributed by atoms with Crippen molar-refractivity contribution in [3.63, 3.8) is 0 Å². The van der Waals surface area contributed by atoms with E-state index >= 15 is 0 Å². The number of hydrogen-bond acceptors (Lipinski definition) is 3. The maximum atomic E-state index is 14.0. The highest BCUT2D eigenvalue weighted by Crippen LogP contribution is 2.26. The normalized spacial score (nSPS) is 16.8. The first-order valence-corrected chi connectivity index (χ1v) is 6.61. The fourth-order valence-corrected chi connectivity index (χ4v) is 2.45. The molecule has 0 bridgehead atoms. The van der Waals surface area contributed by atoms with E-state index in [2.05, 4.69) is 18.7 Å². The number of hydrogen-bond donors (Lipinski definition) is 1. The van der Waals surface area contributed by atoms with Crippen LogP contribution < -0.4 is 4.90 Å². The van der Waals surface area contributed by atoms with Crippen molar-refractivity contribution in [2.75, 3.05) is 31.1 Å². The number of carboxylic acids is 1. The average molecular weight is 284 g/mol. The Balaban J connectivity index is 2.20. The highest BCUT2D eigenvalue weighted by Gasteiger charge is 2.24. The topological polar surface area (TPSA) is 43.8 Å². The molecule has 1 aliphatic heterocycles. The second-order valence-corrected chi connectivity index (χ2v) is 5.21. The van der Waals surface area contributed by atoms with E-state index in [-0.39, 0.29) is 11.3 Å². The van der Waals surface area contributed by atoms with Crippen LogP contribution in [0.1, 0.15) is 24.2 Å². The molecule has 20 heavy (non-hydrogen) atoms. The summed E-state index contributed by atoms with van der Waals surface area (Å²) in [5.41, 5.74) is -0.497. The predicted molar refractivity (Wildman–Crippen MR) is 72.2 cm³/mol. The smallest absolute Gasteiger partial charge is 0.335 e. The van der Waals surface area contributed by atoms with E-state index < -0.39 is 17.6 Å². The van der Waals surface area contributed by atoms with Crippen LogP contribution in [-0.4, -0.2) is 48.2 Å². The van der Waals surface area contributed by atoms with E-state index in [0.29, 0.717) is 19.1 Å². The Hall–Kier alpha value is -1.69. The molecule has 0 amide bonds. The summed E-state index contributed by atoms with van der Waals surface area (Å²) in [6.07, 6.45) is 0. The van der Waals surface area contributed by atoms with Crippen molar-refractivity contribution in [1.29, 1.82) is 0 Å². The van der Waals surface area contributed by atoms with Crippen LogP contribution in [0, 0.1) is 11.6 Å². The molecule has 4 nitrogen and oxygen atoms in total. The van der Waals surface area contributed by atoms with Crippen LogP contribution in [0.2, 0.25) is 0 Å². The fraction of sp³-hybridized carbons (Fsp3) is 0.500. The summed E-state index contributed by atoms with van der Waals surface area (Å²) < 4.78 is 27.9. The molecule has 0 unspecified atom stereocenters. The molecule has 1 heterocycles. The van der Waals surface area contributed by atoms with Crippen molar-refractivity contribution in [2.45, 2.75) is 19.9 Å². The highest BCUT2D eigenvalue weighted by molar-refractivity contribution is 5.88. The Morgan fingerprint density at radius 3 is 2.05 bits per heavy atom. The average Bonchev–Trinajstić information content (AvgIpc) is 2.38. The minimum absolute atomic E-state index is 0.126. The lowest BCUT2D eigenvalue weighted by Crippen LogP contribution is -2.49. The summed E-state index contributed by atoms with van der Waals surface area (Å²) in [7, 11) is 0. The minimum atomic E-state index is -1.33. The summed E-state index contributed by atoms with van der Waals surface area (Å²) in [4.78, 5) is 14.6. The third kappa shape index (κ3) is 2.90. The first kappa shape index (κ1) is 14.7. The Kier molecular flexibility index (Phi) is 4.23. The number of carboxylic acid groups (broad SMARTS) is 1. The molecular formula is C14H18F2N2O2. The van der Waals surface area contributed by atoms with E-state index in [0.717, 1.165) is 25.2 Å². The number of carbonyl (C=O) groups is 1. The van der Waals surface area contributed by atoms with Gasteiger partial charge in [0.05, 0.1) is 5.56 Å². The Labute approximate surface area is 116 Å². The van der Waals surface area contributed by atoms with Gasteiger partial charge in [-0.05, 0) is 26.0 Å². The first-order chi connectivity index (χ1) is 9.40. The van der Waals surface area contributed by atoms with Crippen molar-refractivity contribution in [3.8, 4) is 0 Å². The summed E-state index contributed by atoms with van der Waals surface area (Å²) in [6, 6.07) is 2.15. The molecule has 6 heteroatoms. The second kappa shape index (κ2) is 5.75. The minimum Gasteiger partial charge on any atom is -0.478 e. The van der Waals surface area contributed by atoms with Crippen molar-refractivity contribution < 1.29 is 18.7 Å². The van der Waals surface area contributed by atoms with E-state index in [1.54, 1.807) is 4.90 Å². The molecule has 1 aliphatic rings. The van der Waals surface area contributed by atoms with E-state index in [1.807, 2.05) is 0 Å². The van der Waals surface area contributed by atoms with Crippen molar-refractivity contribution in [2.24, 2.45) is 0 Å². The van der Waals surface area contributed by atoms with Gasteiger partial charge in [0.25, 0.3) is 0 Å². The molecule has 1 N–H and O–H groups in total. The van der Waals surface area contributed by atoms with Crippen LogP contribution in [0.4, 0.5) is 14.5 Å². The van der Waals surface area contributed by atoms with Crippen LogP contribution in [0.25, 0.3) is 0 Å². The van der Waals surface area contributed by atoms with Crippen LogP contribution in [0.5, 0.6) is 0 Å². The van der Waals surface area contributed by atoms with Crippen LogP contribution in [0.15, 0.2) is 12.1 Å². The van der Waals surface area contributed by atoms with Gasteiger partial charge in [0.2, 0.25) is 0 Å². The largest absolute Gasteiger partial charge is 0.478 e. The van der Waals surface area contributed by atoms with E-state index in [4.69, 9.17) is 5.11 Å². The van der Waals surface area contributed by atoms with Crippen LogP contribution >= 0.6 is 0 Å². The molecular weight excluding hydrogens is 266 g/mol. The molecule has 0 atom stereocenters. The van der Waals surface area contributed by atoms with Gasteiger partial charge in [-0.2, -0.15) is 0 Å². The summed E-state index contributed by atoms with van der Waals surface area (Å²) in [6.45, 7) is 6.68. The van der Waals surface area contributed by atoms with Crippen LogP contribution in [0.3, 0.4) is 0 Å². The monoisotopic (exact) mass is 284 g/mol. The maximum Gasteiger partial charge on any atom is 0.335 e. The standard InChI is InChI=1S/C14H18F2N2O2/c1-9(2)17-3-5-18(6-4-17)13-11(15)7-10(14(19)20)8-12(13)16/h7-9H,3-6H2,1-2H3,(H,19,20). The molecule has 110 valence electrons. The van der Waals surface area contributed by atoms with Gasteiger partial charge in [-0.25, -0.2) is 13.6 Å². The maximum absolute atomic E-state index is 14.0. The second-order valence-electron chi connectivity index (χ2n) is 5.21. The number of aromatic carboxylic acids is 1. The quantitative estimate of drug-likeness (QED) is 0.924. The molecule has 0 spiro atoms. The number of piperazine rings is 1. The van der Waals surface area contributed by atoms with Crippen LogP contribution in [-0.2, 0) is 0 Å². The molecule has 0 radical (unpaired) electrons. The summed E-state index contributed by atoms with van der Waals surface area (Å²) in [5, 5.41) is 8.78. The van der Waals surface area contributed by atoms with Gasteiger partial charge in [0.15, 0.2) is 0 Å². The van der Waals surface area contributed by atoms with Gasteiger partial charge >= 0.3 is 5.97 Å². The zero-order valence-electron chi connectivity index (χ0n) is 11.6. The van der Waals surface area contributed by atoms with Gasteiger partial charge in [0, 0.05) is 32.2 Å². The Morgan fingerprint density at radius 1 is 1.15 bits per heavy atom. The van der Waals surface area contributed by atoms with Gasteiger partial charge in [-0.1, -0.05) is 0 Å². The molecule has 1 fully saturated rings. The third-order valence-electron chi connectivity index (χ3n) is 3.62. The number of rotatable bonds is 3. The van der Waals surface area contributed by atoms with Crippen molar-refractivity contribution >= 4 is 11.7 Å². The van der Waals surface area contributed by atoms with E-state index in [1.165, 1.54) is 0 Å². The van der Waals surface area contributed by atoms with Crippen molar-refractivity contribution in [3.05, 3.63) is 29.3 Å². The lowest BCUT2D eigenvalue weighted by Gasteiger charge is -2.38. The Bertz CT molecular complexity index is 489. The molecule has 1 aromatic carbocycles. The third-order valence-corrected chi connectivity index (χ3v) is 3.62. The van der Waals surface area contributed by atoms with Gasteiger partial charge in [-0.3, -0.25) is 4.90 Å². The zero-order valence-corrected chi connectivity index (χ0v) is 11.6. The van der Waals surface area contributed by atoms with Gasteiger partial charge in [0.1, 0.15) is 17.3 Å². The van der Waals surface area contributed by atoms with E-state index in [9.17, 15) is 13.6 Å². The highest BCUT2D eigenvalue weighted by atomic mass is 19.1.